The van der Waals surface area contributed by atoms with Crippen molar-refractivity contribution in [1.29, 1.82) is 0 Å². The van der Waals surface area contributed by atoms with Crippen molar-refractivity contribution in [3.63, 3.8) is 0 Å². The second kappa shape index (κ2) is 12.5. The Kier molecular flexibility index (Phi) is 9.46. The summed E-state index contributed by atoms with van der Waals surface area (Å²) in [6, 6.07) is 11.8. The highest BCUT2D eigenvalue weighted by Gasteiger charge is 2.13. The zero-order valence-electron chi connectivity index (χ0n) is 18.6. The summed E-state index contributed by atoms with van der Waals surface area (Å²) in [5.74, 6) is -0.343. The summed E-state index contributed by atoms with van der Waals surface area (Å²) in [4.78, 5) is 23.7. The van der Waals surface area contributed by atoms with Crippen molar-refractivity contribution in [3.8, 4) is 17.2 Å². The van der Waals surface area contributed by atoms with Gasteiger partial charge in [0.1, 0.15) is 17.2 Å². The minimum atomic E-state index is -1.15. The van der Waals surface area contributed by atoms with Gasteiger partial charge < -0.3 is 19.3 Å². The van der Waals surface area contributed by atoms with Crippen molar-refractivity contribution in [2.75, 3.05) is 6.61 Å². The molecule has 0 atom stereocenters. The van der Waals surface area contributed by atoms with Gasteiger partial charge in [0.15, 0.2) is 12.4 Å². The lowest BCUT2D eigenvalue weighted by atomic mass is 10.1. The molecule has 0 aliphatic heterocycles. The van der Waals surface area contributed by atoms with Gasteiger partial charge in [-0.1, -0.05) is 42.5 Å². The zero-order chi connectivity index (χ0) is 24.2. The average molecular weight is 446 g/mol. The minimum absolute atomic E-state index is 0.112. The van der Waals surface area contributed by atoms with Gasteiger partial charge in [-0.25, -0.2) is 4.79 Å². The van der Waals surface area contributed by atoms with Gasteiger partial charge in [0.05, 0.1) is 18.1 Å². The summed E-state index contributed by atoms with van der Waals surface area (Å²) < 4.78 is 16.2. The van der Waals surface area contributed by atoms with Crippen molar-refractivity contribution < 1.29 is 28.9 Å². The predicted molar refractivity (Wildman–Crippen MR) is 129 cm³/mol. The molecule has 6 nitrogen and oxygen atoms in total. The number of allylic oxidation sites excluding steroid dienone is 5. The van der Waals surface area contributed by atoms with E-state index in [1.807, 2.05) is 13.8 Å². The van der Waals surface area contributed by atoms with E-state index in [0.717, 1.165) is 16.7 Å². The Morgan fingerprint density at radius 2 is 1.45 bits per heavy atom. The number of hydrogen-bond donors (Lipinski definition) is 1. The van der Waals surface area contributed by atoms with Crippen LogP contribution in [-0.4, -0.2) is 23.5 Å². The van der Waals surface area contributed by atoms with Gasteiger partial charge in [0.2, 0.25) is 0 Å². The Hall–Kier alpha value is -4.32. The number of carboxylic acid groups (broad SMARTS) is 1. The SMILES string of the molecule is C=C(C)C=COc1ccc(C=CC(=O)c2ccc(OC=CC(=C)C)cc2OCC(=O)O)cc1. The van der Waals surface area contributed by atoms with Gasteiger partial charge in [-0.3, -0.25) is 4.79 Å². The molecule has 0 saturated heterocycles. The maximum absolute atomic E-state index is 12.7. The van der Waals surface area contributed by atoms with Crippen molar-refractivity contribution in [3.05, 3.63) is 109 Å². The number of hydrogen-bond acceptors (Lipinski definition) is 5. The lowest BCUT2D eigenvalue weighted by Gasteiger charge is -2.10. The molecule has 0 aliphatic rings. The number of carbonyl (C=O) groups excluding carboxylic acids is 1. The normalized spacial score (nSPS) is 11.1. The molecule has 0 amide bonds. The highest BCUT2D eigenvalue weighted by atomic mass is 16.5. The van der Waals surface area contributed by atoms with E-state index in [2.05, 4.69) is 13.2 Å². The Balaban J connectivity index is 2.15. The van der Waals surface area contributed by atoms with Crippen LogP contribution in [0.25, 0.3) is 6.08 Å². The topological polar surface area (TPSA) is 82.1 Å². The molecule has 0 radical (unpaired) electrons. The van der Waals surface area contributed by atoms with Crippen LogP contribution in [0.1, 0.15) is 29.8 Å². The molecule has 0 fully saturated rings. The molecule has 0 aromatic heterocycles. The van der Waals surface area contributed by atoms with E-state index < -0.39 is 12.6 Å². The second-order valence-corrected chi connectivity index (χ2v) is 7.14. The van der Waals surface area contributed by atoms with Crippen LogP contribution in [0.2, 0.25) is 0 Å². The molecular weight excluding hydrogens is 420 g/mol. The van der Waals surface area contributed by atoms with Crippen LogP contribution in [0, 0.1) is 0 Å². The van der Waals surface area contributed by atoms with Crippen molar-refractivity contribution in [2.24, 2.45) is 0 Å². The average Bonchev–Trinajstić information content (AvgIpc) is 2.76. The Labute approximate surface area is 193 Å². The third kappa shape index (κ3) is 9.14. The lowest BCUT2D eigenvalue weighted by Crippen LogP contribution is -2.11. The third-order valence-corrected chi connectivity index (χ3v) is 3.99. The first-order chi connectivity index (χ1) is 15.7. The number of ether oxygens (including phenoxy) is 3. The van der Waals surface area contributed by atoms with Crippen molar-refractivity contribution in [2.45, 2.75) is 13.8 Å². The zero-order valence-corrected chi connectivity index (χ0v) is 18.6. The lowest BCUT2D eigenvalue weighted by molar-refractivity contribution is -0.139. The summed E-state index contributed by atoms with van der Waals surface area (Å²) >= 11 is 0. The maximum atomic E-state index is 12.7. The fourth-order valence-electron chi connectivity index (χ4n) is 2.42. The van der Waals surface area contributed by atoms with Gasteiger partial charge in [0.25, 0.3) is 0 Å². The minimum Gasteiger partial charge on any atom is -0.481 e. The fourth-order valence-corrected chi connectivity index (χ4v) is 2.42. The molecule has 6 heteroatoms. The number of carbonyl (C=O) groups is 2. The summed E-state index contributed by atoms with van der Waals surface area (Å²) in [6.45, 7) is 10.6. The molecule has 170 valence electrons. The molecule has 2 aromatic rings. The molecule has 33 heavy (non-hydrogen) atoms. The number of carboxylic acids is 1. The number of aliphatic carboxylic acids is 1. The monoisotopic (exact) mass is 446 g/mol. The smallest absolute Gasteiger partial charge is 0.341 e. The molecule has 2 aromatic carbocycles. The Morgan fingerprint density at radius 3 is 2.03 bits per heavy atom. The van der Waals surface area contributed by atoms with Crippen LogP contribution in [0.4, 0.5) is 0 Å². The third-order valence-electron chi connectivity index (χ3n) is 3.99. The molecule has 0 spiro atoms. The quantitative estimate of drug-likeness (QED) is 0.187. The van der Waals surface area contributed by atoms with Crippen LogP contribution >= 0.6 is 0 Å². The molecule has 0 heterocycles. The van der Waals surface area contributed by atoms with E-state index in [-0.39, 0.29) is 17.1 Å². The summed E-state index contributed by atoms with van der Waals surface area (Å²) in [5, 5.41) is 8.94. The van der Waals surface area contributed by atoms with E-state index in [4.69, 9.17) is 19.3 Å². The first kappa shape index (κ1) is 24.9. The van der Waals surface area contributed by atoms with Crippen LogP contribution in [0.3, 0.4) is 0 Å². The molecule has 0 aliphatic carbocycles. The molecule has 1 N–H and O–H groups in total. The summed E-state index contributed by atoms with van der Waals surface area (Å²) in [5.41, 5.74) is 2.69. The first-order valence-electron chi connectivity index (χ1n) is 10.0. The number of ketones is 1. The van der Waals surface area contributed by atoms with Crippen LogP contribution in [0.15, 0.2) is 97.5 Å². The van der Waals surface area contributed by atoms with Gasteiger partial charge in [-0.05, 0) is 61.9 Å². The number of rotatable bonds is 12. The summed E-state index contributed by atoms with van der Waals surface area (Å²) in [6.07, 6.45) is 9.47. The van der Waals surface area contributed by atoms with Gasteiger partial charge in [-0.15, -0.1) is 0 Å². The largest absolute Gasteiger partial charge is 0.481 e. The Morgan fingerprint density at radius 1 is 0.879 bits per heavy atom. The van der Waals surface area contributed by atoms with Crippen molar-refractivity contribution in [1.82, 2.24) is 0 Å². The standard InChI is InChI=1S/C27H26O6/c1-19(2)13-15-31-22-8-5-21(6-9-22)7-12-25(28)24-11-10-23(32-16-14-20(3)4)17-26(24)33-18-27(29)30/h5-17H,1,3,18H2,2,4H3,(H,29,30). The molecule has 0 bridgehead atoms. The fraction of sp³-hybridized carbons (Fsp3) is 0.111. The van der Waals surface area contributed by atoms with Gasteiger partial charge in [-0.2, -0.15) is 0 Å². The highest BCUT2D eigenvalue weighted by molar-refractivity contribution is 6.08. The molecule has 0 unspecified atom stereocenters. The van der Waals surface area contributed by atoms with E-state index >= 15 is 0 Å². The maximum Gasteiger partial charge on any atom is 0.341 e. The van der Waals surface area contributed by atoms with Crippen LogP contribution < -0.4 is 14.2 Å². The van der Waals surface area contributed by atoms with Crippen LogP contribution in [0.5, 0.6) is 17.2 Å². The van der Waals surface area contributed by atoms with E-state index in [0.29, 0.717) is 11.5 Å². The van der Waals surface area contributed by atoms with E-state index in [1.165, 1.54) is 24.5 Å². The van der Waals surface area contributed by atoms with Gasteiger partial charge >= 0.3 is 5.97 Å². The molecule has 2 rings (SSSR count). The molecular formula is C27H26O6. The van der Waals surface area contributed by atoms with Crippen molar-refractivity contribution >= 4 is 17.8 Å². The highest BCUT2D eigenvalue weighted by Crippen LogP contribution is 2.26. The first-order valence-corrected chi connectivity index (χ1v) is 10.0. The van der Waals surface area contributed by atoms with E-state index in [1.54, 1.807) is 54.8 Å². The van der Waals surface area contributed by atoms with Crippen LogP contribution in [-0.2, 0) is 4.79 Å². The predicted octanol–water partition coefficient (Wildman–Crippen LogP) is 5.98. The Bertz CT molecular complexity index is 1100. The summed E-state index contributed by atoms with van der Waals surface area (Å²) in [7, 11) is 0. The van der Waals surface area contributed by atoms with Gasteiger partial charge in [0, 0.05) is 6.07 Å². The van der Waals surface area contributed by atoms with E-state index in [9.17, 15) is 9.59 Å². The molecule has 0 saturated carbocycles. The second-order valence-electron chi connectivity index (χ2n) is 7.14. The number of benzene rings is 2.